The van der Waals surface area contributed by atoms with Crippen molar-refractivity contribution in [3.05, 3.63) is 69.8 Å². The lowest BCUT2D eigenvalue weighted by Gasteiger charge is -2.25. The van der Waals surface area contributed by atoms with Crippen LogP contribution < -0.4 is 9.64 Å². The van der Waals surface area contributed by atoms with Gasteiger partial charge in [-0.3, -0.25) is 4.98 Å². The molecule has 1 aromatic heterocycles. The highest BCUT2D eigenvalue weighted by atomic mass is 35.5. The molecule has 0 saturated carbocycles. The number of hydrogen-bond acceptors (Lipinski definition) is 4. The molecule has 1 saturated heterocycles. The highest BCUT2D eigenvalue weighted by Crippen LogP contribution is 2.34. The van der Waals surface area contributed by atoms with E-state index in [4.69, 9.17) is 32.7 Å². The summed E-state index contributed by atoms with van der Waals surface area (Å²) in [6.07, 6.45) is 1.67. The summed E-state index contributed by atoms with van der Waals surface area (Å²) in [5.41, 5.74) is 1.86. The Hall–Kier alpha value is -2.18. The summed E-state index contributed by atoms with van der Waals surface area (Å²) in [6, 6.07) is 12.2. The van der Waals surface area contributed by atoms with Gasteiger partial charge in [0.15, 0.2) is 5.75 Å². The third-order valence-corrected chi connectivity index (χ3v) is 5.35. The van der Waals surface area contributed by atoms with E-state index in [-0.39, 0.29) is 0 Å². The molecule has 2 aromatic carbocycles. The van der Waals surface area contributed by atoms with Crippen LogP contribution in [0, 0.1) is 0 Å². The van der Waals surface area contributed by atoms with E-state index < -0.39 is 5.97 Å². The zero-order chi connectivity index (χ0) is 19.5. The second kappa shape index (κ2) is 8.45. The summed E-state index contributed by atoms with van der Waals surface area (Å²) in [4.78, 5) is 18.5. The predicted molar refractivity (Wildman–Crippen MR) is 108 cm³/mol. The molecule has 4 rings (SSSR count). The van der Waals surface area contributed by atoms with Crippen LogP contribution in [0.1, 0.15) is 15.9 Å². The average Bonchev–Trinajstić information content (AvgIpc) is 2.72. The van der Waals surface area contributed by atoms with Crippen molar-refractivity contribution in [1.29, 1.82) is 0 Å². The number of carbonyl (C=O) groups is 1. The number of morpholine rings is 1. The molecule has 0 bridgehead atoms. The molecule has 2 heterocycles. The Morgan fingerprint density at radius 2 is 1.89 bits per heavy atom. The molecule has 0 atom stereocenters. The number of aromatic nitrogens is 1. The molecule has 28 heavy (non-hydrogen) atoms. The Kier molecular flexibility index (Phi) is 5.78. The van der Waals surface area contributed by atoms with Gasteiger partial charge < -0.3 is 14.4 Å². The molecule has 7 heteroatoms. The Morgan fingerprint density at radius 1 is 1.14 bits per heavy atom. The summed E-state index contributed by atoms with van der Waals surface area (Å²) in [5, 5.41) is 1.91. The lowest BCUT2D eigenvalue weighted by atomic mass is 10.1. The molecule has 1 aliphatic heterocycles. The number of rotatable bonds is 4. The monoisotopic (exact) mass is 417 g/mol. The van der Waals surface area contributed by atoms with Gasteiger partial charge in [0, 0.05) is 16.6 Å². The smallest absolute Gasteiger partial charge is 0.343 e. The van der Waals surface area contributed by atoms with Gasteiger partial charge in [-0.15, -0.1) is 0 Å². The van der Waals surface area contributed by atoms with Gasteiger partial charge in [0.2, 0.25) is 0 Å². The van der Waals surface area contributed by atoms with Crippen LogP contribution in [0.5, 0.6) is 5.75 Å². The molecule has 0 amide bonds. The molecule has 0 aliphatic carbocycles. The molecule has 3 aromatic rings. The van der Waals surface area contributed by atoms with E-state index in [0.29, 0.717) is 33.4 Å². The number of pyridine rings is 1. The summed E-state index contributed by atoms with van der Waals surface area (Å²) in [6.45, 7) is 3.90. The number of ether oxygens (including phenoxy) is 2. The number of nitrogens with one attached hydrogen (secondary N) is 1. The van der Waals surface area contributed by atoms with Crippen molar-refractivity contribution in [3.63, 3.8) is 0 Å². The number of esters is 1. The van der Waals surface area contributed by atoms with E-state index in [1.165, 1.54) is 4.90 Å². The molecule has 0 unspecified atom stereocenters. The fourth-order valence-corrected chi connectivity index (χ4v) is 3.73. The van der Waals surface area contributed by atoms with Crippen LogP contribution in [-0.4, -0.2) is 37.3 Å². The summed E-state index contributed by atoms with van der Waals surface area (Å²) < 4.78 is 11.3. The van der Waals surface area contributed by atoms with Gasteiger partial charge in [-0.1, -0.05) is 23.2 Å². The van der Waals surface area contributed by atoms with E-state index >= 15 is 0 Å². The highest BCUT2D eigenvalue weighted by Gasteiger charge is 2.22. The van der Waals surface area contributed by atoms with Crippen LogP contribution in [0.3, 0.4) is 0 Å². The van der Waals surface area contributed by atoms with Crippen LogP contribution in [0.2, 0.25) is 10.0 Å². The maximum atomic E-state index is 12.7. The number of fused-ring (bicyclic) bond motifs is 1. The Morgan fingerprint density at radius 3 is 2.64 bits per heavy atom. The summed E-state index contributed by atoms with van der Waals surface area (Å²) in [7, 11) is 0. The van der Waals surface area contributed by atoms with Crippen molar-refractivity contribution in [2.24, 2.45) is 0 Å². The topological polar surface area (TPSA) is 52.9 Å². The van der Waals surface area contributed by atoms with Gasteiger partial charge in [-0.2, -0.15) is 0 Å². The van der Waals surface area contributed by atoms with Crippen molar-refractivity contribution in [2.45, 2.75) is 6.54 Å². The quantitative estimate of drug-likeness (QED) is 0.523. The summed E-state index contributed by atoms with van der Waals surface area (Å²) >= 11 is 12.4. The van der Waals surface area contributed by atoms with Crippen LogP contribution >= 0.6 is 23.2 Å². The van der Waals surface area contributed by atoms with Gasteiger partial charge in [0.25, 0.3) is 0 Å². The van der Waals surface area contributed by atoms with E-state index in [1.54, 1.807) is 30.5 Å². The first kappa shape index (κ1) is 19.2. The normalized spacial score (nSPS) is 14.9. The second-order valence-corrected chi connectivity index (χ2v) is 7.53. The van der Waals surface area contributed by atoms with Gasteiger partial charge in [-0.25, -0.2) is 4.79 Å². The molecule has 0 radical (unpaired) electrons. The first-order chi connectivity index (χ1) is 13.6. The Labute approximate surface area is 172 Å². The third kappa shape index (κ3) is 4.13. The van der Waals surface area contributed by atoms with E-state index in [0.717, 1.165) is 37.3 Å². The number of benzene rings is 2. The molecular formula is C21H19Cl2N2O3+. The molecule has 0 spiro atoms. The average molecular weight is 418 g/mol. The van der Waals surface area contributed by atoms with Crippen molar-refractivity contribution >= 4 is 40.1 Å². The van der Waals surface area contributed by atoms with E-state index in [2.05, 4.69) is 4.98 Å². The Balaban J connectivity index is 1.73. The lowest BCUT2D eigenvalue weighted by molar-refractivity contribution is -0.921. The molecule has 5 nitrogen and oxygen atoms in total. The fraction of sp³-hybridized carbons (Fsp3) is 0.238. The van der Waals surface area contributed by atoms with Gasteiger partial charge >= 0.3 is 5.97 Å². The largest absolute Gasteiger partial charge is 0.420 e. The first-order valence-corrected chi connectivity index (χ1v) is 9.82. The maximum Gasteiger partial charge on any atom is 0.343 e. The van der Waals surface area contributed by atoms with Crippen molar-refractivity contribution < 1.29 is 19.2 Å². The lowest BCUT2D eigenvalue weighted by Crippen LogP contribution is -3.12. The SMILES string of the molecule is O=C(Oc1c(C[NH+]2CCOCC2)cc(Cl)c2cccnc12)c1ccc(Cl)cc1. The molecule has 1 fully saturated rings. The number of halogens is 2. The zero-order valence-electron chi connectivity index (χ0n) is 15.1. The molecule has 144 valence electrons. The van der Waals surface area contributed by atoms with Crippen LogP contribution in [0.4, 0.5) is 0 Å². The summed E-state index contributed by atoms with van der Waals surface area (Å²) in [5.74, 6) is 0.00288. The molecular weight excluding hydrogens is 399 g/mol. The zero-order valence-corrected chi connectivity index (χ0v) is 16.6. The minimum absolute atomic E-state index is 0.424. The van der Waals surface area contributed by atoms with Gasteiger partial charge in [0.1, 0.15) is 25.2 Å². The number of nitrogens with zero attached hydrogens (tertiary/aromatic N) is 1. The van der Waals surface area contributed by atoms with E-state index in [9.17, 15) is 4.79 Å². The number of carbonyl (C=O) groups excluding carboxylic acids is 1. The first-order valence-electron chi connectivity index (χ1n) is 9.07. The van der Waals surface area contributed by atoms with Gasteiger partial charge in [-0.05, 0) is 42.5 Å². The van der Waals surface area contributed by atoms with Crippen molar-refractivity contribution in [2.75, 3.05) is 26.3 Å². The molecule has 1 N–H and O–H groups in total. The third-order valence-electron chi connectivity index (χ3n) is 4.79. The van der Waals surface area contributed by atoms with Crippen molar-refractivity contribution in [3.8, 4) is 5.75 Å². The van der Waals surface area contributed by atoms with Crippen molar-refractivity contribution in [1.82, 2.24) is 4.98 Å². The second-order valence-electron chi connectivity index (χ2n) is 6.68. The van der Waals surface area contributed by atoms with Crippen LogP contribution in [0.25, 0.3) is 10.9 Å². The van der Waals surface area contributed by atoms with Crippen LogP contribution in [-0.2, 0) is 11.3 Å². The predicted octanol–water partition coefficient (Wildman–Crippen LogP) is 3.18. The minimum atomic E-state index is -0.454. The highest BCUT2D eigenvalue weighted by molar-refractivity contribution is 6.35. The fourth-order valence-electron chi connectivity index (χ4n) is 3.32. The van der Waals surface area contributed by atoms with Gasteiger partial charge in [0.05, 0.1) is 29.4 Å². The maximum absolute atomic E-state index is 12.7. The van der Waals surface area contributed by atoms with Crippen LogP contribution in [0.15, 0.2) is 48.7 Å². The minimum Gasteiger partial charge on any atom is -0.420 e. The Bertz CT molecular complexity index is 1000. The standard InChI is InChI=1S/C21H18Cl2N2O3/c22-16-5-3-14(4-6-16)21(26)28-20-15(13-25-8-10-27-11-9-25)12-18(23)17-2-1-7-24-19(17)20/h1-7,12H,8-11,13H2/p+1. The van der Waals surface area contributed by atoms with E-state index in [1.807, 2.05) is 18.2 Å². The number of quaternary nitrogens is 1. The molecule has 1 aliphatic rings. The number of hydrogen-bond donors (Lipinski definition) is 1.